The minimum absolute atomic E-state index is 0. The van der Waals surface area contributed by atoms with E-state index in [0.717, 1.165) is 5.56 Å². The summed E-state index contributed by atoms with van der Waals surface area (Å²) in [4.78, 5) is 23.1. The fourth-order valence-electron chi connectivity index (χ4n) is 1.64. The molecule has 0 unspecified atom stereocenters. The van der Waals surface area contributed by atoms with Gasteiger partial charge in [-0.2, -0.15) is 0 Å². The van der Waals surface area contributed by atoms with Crippen molar-refractivity contribution in [2.24, 2.45) is 5.73 Å². The van der Waals surface area contributed by atoms with Gasteiger partial charge in [0.2, 0.25) is 5.91 Å². The molecule has 0 spiro atoms. The minimum Gasteiger partial charge on any atom is -0.352 e. The van der Waals surface area contributed by atoms with Gasteiger partial charge in [-0.25, -0.2) is 0 Å². The Kier molecular flexibility index (Phi) is 9.41. The zero-order valence-corrected chi connectivity index (χ0v) is 12.5. The number of hydrogen-bond donors (Lipinski definition) is 3. The van der Waals surface area contributed by atoms with Crippen molar-refractivity contribution >= 4 is 24.2 Å². The number of nitrogens with two attached hydrogens (primary N) is 1. The molecule has 0 saturated heterocycles. The molecule has 0 fully saturated rings. The van der Waals surface area contributed by atoms with Crippen molar-refractivity contribution in [1.82, 2.24) is 10.6 Å². The van der Waals surface area contributed by atoms with Crippen LogP contribution in [0, 0.1) is 0 Å². The lowest BCUT2D eigenvalue weighted by molar-refractivity contribution is -0.121. The van der Waals surface area contributed by atoms with E-state index in [1.165, 1.54) is 0 Å². The maximum atomic E-state index is 11.7. The van der Waals surface area contributed by atoms with Gasteiger partial charge in [-0.15, -0.1) is 12.4 Å². The standard InChI is InChI=1S/C14H21N3O2.ClH/c1-2-16-14(19)12-6-3-5-11(9-12)10-17-13(18)7-4-8-15;/h3,5-6,9H,2,4,7-8,10,15H2,1H3,(H,16,19)(H,17,18);1H. The van der Waals surface area contributed by atoms with Crippen molar-refractivity contribution in [1.29, 1.82) is 0 Å². The first-order valence-electron chi connectivity index (χ1n) is 6.51. The number of carbonyl (C=O) groups is 2. The zero-order chi connectivity index (χ0) is 14.1. The lowest BCUT2D eigenvalue weighted by atomic mass is 10.1. The van der Waals surface area contributed by atoms with Gasteiger partial charge < -0.3 is 16.4 Å². The van der Waals surface area contributed by atoms with Crippen molar-refractivity contribution in [2.75, 3.05) is 13.1 Å². The van der Waals surface area contributed by atoms with E-state index in [0.29, 0.717) is 38.0 Å². The van der Waals surface area contributed by atoms with Crippen molar-refractivity contribution in [3.8, 4) is 0 Å². The quantitative estimate of drug-likeness (QED) is 0.707. The van der Waals surface area contributed by atoms with Gasteiger partial charge >= 0.3 is 0 Å². The van der Waals surface area contributed by atoms with Crippen LogP contribution in [0.3, 0.4) is 0 Å². The number of benzene rings is 1. The van der Waals surface area contributed by atoms with Crippen LogP contribution in [-0.2, 0) is 11.3 Å². The number of halogens is 1. The van der Waals surface area contributed by atoms with Crippen LogP contribution < -0.4 is 16.4 Å². The molecule has 6 heteroatoms. The Morgan fingerprint density at radius 3 is 2.65 bits per heavy atom. The van der Waals surface area contributed by atoms with Crippen molar-refractivity contribution in [3.05, 3.63) is 35.4 Å². The lowest BCUT2D eigenvalue weighted by Crippen LogP contribution is -2.24. The van der Waals surface area contributed by atoms with E-state index in [9.17, 15) is 9.59 Å². The Hall–Kier alpha value is -1.59. The van der Waals surface area contributed by atoms with Crippen LogP contribution in [0.5, 0.6) is 0 Å². The summed E-state index contributed by atoms with van der Waals surface area (Å²) in [5.74, 6) is -0.118. The SMILES string of the molecule is CCNC(=O)c1cccc(CNC(=O)CCCN)c1.Cl. The first-order chi connectivity index (χ1) is 9.17. The third kappa shape index (κ3) is 6.54. The van der Waals surface area contributed by atoms with Crippen molar-refractivity contribution in [3.63, 3.8) is 0 Å². The number of carbonyl (C=O) groups excluding carboxylic acids is 2. The predicted molar refractivity (Wildman–Crippen MR) is 81.8 cm³/mol. The highest BCUT2D eigenvalue weighted by molar-refractivity contribution is 5.94. The van der Waals surface area contributed by atoms with Gasteiger partial charge in [-0.3, -0.25) is 9.59 Å². The van der Waals surface area contributed by atoms with Gasteiger partial charge in [-0.1, -0.05) is 12.1 Å². The average molecular weight is 300 g/mol. The van der Waals surface area contributed by atoms with E-state index < -0.39 is 0 Å². The number of hydrogen-bond acceptors (Lipinski definition) is 3. The molecule has 112 valence electrons. The summed E-state index contributed by atoms with van der Waals surface area (Å²) in [5.41, 5.74) is 6.86. The summed E-state index contributed by atoms with van der Waals surface area (Å²) in [7, 11) is 0. The molecule has 0 aliphatic carbocycles. The second-order valence-corrected chi connectivity index (χ2v) is 4.23. The van der Waals surface area contributed by atoms with Crippen LogP contribution >= 0.6 is 12.4 Å². The molecule has 0 aromatic heterocycles. The second kappa shape index (κ2) is 10.2. The highest BCUT2D eigenvalue weighted by Crippen LogP contribution is 2.05. The molecular formula is C14H22ClN3O2. The molecule has 4 N–H and O–H groups in total. The van der Waals surface area contributed by atoms with Crippen LogP contribution in [-0.4, -0.2) is 24.9 Å². The third-order valence-electron chi connectivity index (χ3n) is 2.62. The third-order valence-corrected chi connectivity index (χ3v) is 2.62. The largest absolute Gasteiger partial charge is 0.352 e. The van der Waals surface area contributed by atoms with Gasteiger partial charge in [0.05, 0.1) is 0 Å². The van der Waals surface area contributed by atoms with E-state index >= 15 is 0 Å². The molecular weight excluding hydrogens is 278 g/mol. The molecule has 0 aliphatic rings. The van der Waals surface area contributed by atoms with Crippen LogP contribution in [0.15, 0.2) is 24.3 Å². The molecule has 2 amide bonds. The molecule has 1 aromatic rings. The van der Waals surface area contributed by atoms with Crippen LogP contribution in [0.25, 0.3) is 0 Å². The van der Waals surface area contributed by atoms with Gasteiger partial charge in [0.15, 0.2) is 0 Å². The maximum absolute atomic E-state index is 11.7. The summed E-state index contributed by atoms with van der Waals surface area (Å²) in [6.07, 6.45) is 1.12. The second-order valence-electron chi connectivity index (χ2n) is 4.23. The van der Waals surface area contributed by atoms with E-state index in [1.807, 2.05) is 19.1 Å². The van der Waals surface area contributed by atoms with Crippen molar-refractivity contribution in [2.45, 2.75) is 26.3 Å². The monoisotopic (exact) mass is 299 g/mol. The summed E-state index contributed by atoms with van der Waals surface area (Å²) in [5, 5.41) is 5.55. The van der Waals surface area contributed by atoms with Gasteiger partial charge in [0, 0.05) is 25.1 Å². The molecule has 0 aliphatic heterocycles. The molecule has 0 bridgehead atoms. The highest BCUT2D eigenvalue weighted by Gasteiger charge is 2.05. The van der Waals surface area contributed by atoms with Crippen LogP contribution in [0.4, 0.5) is 0 Å². The average Bonchev–Trinajstić information content (AvgIpc) is 2.43. The molecule has 0 atom stereocenters. The Balaban J connectivity index is 0.00000361. The predicted octanol–water partition coefficient (Wildman–Crippen LogP) is 1.21. The fraction of sp³-hybridized carbons (Fsp3) is 0.429. The molecule has 1 rings (SSSR count). The fourth-order valence-corrected chi connectivity index (χ4v) is 1.64. The molecule has 0 radical (unpaired) electrons. The molecule has 0 saturated carbocycles. The molecule has 5 nitrogen and oxygen atoms in total. The Morgan fingerprint density at radius 1 is 1.25 bits per heavy atom. The van der Waals surface area contributed by atoms with Crippen molar-refractivity contribution < 1.29 is 9.59 Å². The smallest absolute Gasteiger partial charge is 0.251 e. The van der Waals surface area contributed by atoms with E-state index in [1.54, 1.807) is 12.1 Å². The Labute approximate surface area is 125 Å². The first kappa shape index (κ1) is 18.4. The van der Waals surface area contributed by atoms with Gasteiger partial charge in [0.25, 0.3) is 5.91 Å². The van der Waals surface area contributed by atoms with E-state index in [-0.39, 0.29) is 24.2 Å². The zero-order valence-electron chi connectivity index (χ0n) is 11.6. The molecule has 20 heavy (non-hydrogen) atoms. The van der Waals surface area contributed by atoms with E-state index in [4.69, 9.17) is 5.73 Å². The Morgan fingerprint density at radius 2 is 2.00 bits per heavy atom. The summed E-state index contributed by atoms with van der Waals surface area (Å²) < 4.78 is 0. The molecule has 0 heterocycles. The number of amides is 2. The van der Waals surface area contributed by atoms with Crippen LogP contribution in [0.1, 0.15) is 35.7 Å². The lowest BCUT2D eigenvalue weighted by Gasteiger charge is -2.07. The normalized spacial score (nSPS) is 9.50. The van der Waals surface area contributed by atoms with Gasteiger partial charge in [0.1, 0.15) is 0 Å². The minimum atomic E-state index is -0.0983. The van der Waals surface area contributed by atoms with Crippen LogP contribution in [0.2, 0.25) is 0 Å². The van der Waals surface area contributed by atoms with Gasteiger partial charge in [-0.05, 0) is 37.6 Å². The Bertz CT molecular complexity index is 438. The maximum Gasteiger partial charge on any atom is 0.251 e. The number of rotatable bonds is 7. The topological polar surface area (TPSA) is 84.2 Å². The first-order valence-corrected chi connectivity index (χ1v) is 6.51. The number of nitrogens with one attached hydrogen (secondary N) is 2. The summed E-state index contributed by atoms with van der Waals surface area (Å²) in [6, 6.07) is 7.23. The summed E-state index contributed by atoms with van der Waals surface area (Å²) >= 11 is 0. The molecule has 1 aromatic carbocycles. The highest BCUT2D eigenvalue weighted by atomic mass is 35.5. The van der Waals surface area contributed by atoms with E-state index in [2.05, 4.69) is 10.6 Å². The summed E-state index contributed by atoms with van der Waals surface area (Å²) in [6.45, 7) is 3.41.